The third-order valence-corrected chi connectivity index (χ3v) is 4.07. The predicted molar refractivity (Wildman–Crippen MR) is 74.7 cm³/mol. The highest BCUT2D eigenvalue weighted by molar-refractivity contribution is 5.80. The standard InChI is InChI=1S/C15H18N4/c1-10-5-11(8-16)6-14-15(10)19(9-18-14)13-4-2-3-12(17)7-13/h5-6,9,12-13H,2-4,7,17H2,1H3/t12-,13+/m1/s1. The van der Waals surface area contributed by atoms with Crippen LogP contribution in [0.5, 0.6) is 0 Å². The molecule has 1 aromatic heterocycles. The van der Waals surface area contributed by atoms with E-state index >= 15 is 0 Å². The minimum Gasteiger partial charge on any atom is -0.328 e. The van der Waals surface area contributed by atoms with E-state index in [1.807, 2.05) is 25.4 Å². The van der Waals surface area contributed by atoms with Gasteiger partial charge in [0.25, 0.3) is 0 Å². The van der Waals surface area contributed by atoms with Gasteiger partial charge < -0.3 is 10.3 Å². The summed E-state index contributed by atoms with van der Waals surface area (Å²) < 4.78 is 2.25. The van der Waals surface area contributed by atoms with Crippen LogP contribution >= 0.6 is 0 Å². The van der Waals surface area contributed by atoms with E-state index in [4.69, 9.17) is 11.0 Å². The first kappa shape index (κ1) is 12.2. The Kier molecular flexibility index (Phi) is 3.00. The van der Waals surface area contributed by atoms with Crippen LogP contribution in [0.1, 0.15) is 42.9 Å². The summed E-state index contributed by atoms with van der Waals surface area (Å²) in [5.41, 5.74) is 9.94. The number of hydrogen-bond donors (Lipinski definition) is 1. The molecule has 1 aromatic carbocycles. The van der Waals surface area contributed by atoms with Crippen LogP contribution in [0.25, 0.3) is 11.0 Å². The minimum atomic E-state index is 0.301. The second-order valence-electron chi connectivity index (χ2n) is 5.51. The minimum absolute atomic E-state index is 0.301. The van der Waals surface area contributed by atoms with Crippen molar-refractivity contribution >= 4 is 11.0 Å². The Balaban J connectivity index is 2.08. The van der Waals surface area contributed by atoms with Gasteiger partial charge in [0, 0.05) is 12.1 Å². The molecule has 1 aliphatic carbocycles. The number of rotatable bonds is 1. The molecule has 1 aliphatic rings. The number of nitriles is 1. The molecular weight excluding hydrogens is 236 g/mol. The van der Waals surface area contributed by atoms with Crippen LogP contribution < -0.4 is 5.73 Å². The van der Waals surface area contributed by atoms with Crippen molar-refractivity contribution in [2.45, 2.75) is 44.7 Å². The lowest BCUT2D eigenvalue weighted by molar-refractivity contribution is 0.325. The molecule has 0 bridgehead atoms. The predicted octanol–water partition coefficient (Wildman–Crippen LogP) is 2.66. The number of imidazole rings is 1. The molecule has 0 unspecified atom stereocenters. The fourth-order valence-corrected chi connectivity index (χ4v) is 3.17. The van der Waals surface area contributed by atoms with Gasteiger partial charge in [-0.2, -0.15) is 5.26 Å². The van der Waals surface area contributed by atoms with Gasteiger partial charge in [-0.05, 0) is 50.3 Å². The first-order valence-electron chi connectivity index (χ1n) is 6.82. The molecular formula is C15H18N4. The average molecular weight is 254 g/mol. The van der Waals surface area contributed by atoms with E-state index in [0.29, 0.717) is 17.6 Å². The molecule has 0 amide bonds. The lowest BCUT2D eigenvalue weighted by atomic mass is 9.91. The van der Waals surface area contributed by atoms with Crippen molar-refractivity contribution in [3.8, 4) is 6.07 Å². The van der Waals surface area contributed by atoms with Gasteiger partial charge in [-0.3, -0.25) is 0 Å². The summed E-state index contributed by atoms with van der Waals surface area (Å²) in [6, 6.07) is 6.73. The molecule has 2 N–H and O–H groups in total. The highest BCUT2D eigenvalue weighted by atomic mass is 15.1. The number of nitrogens with two attached hydrogens (primary N) is 1. The van der Waals surface area contributed by atoms with Gasteiger partial charge in [-0.1, -0.05) is 0 Å². The normalized spacial score (nSPS) is 23.4. The van der Waals surface area contributed by atoms with Crippen LogP contribution in [0.15, 0.2) is 18.5 Å². The first-order chi connectivity index (χ1) is 9.19. The molecule has 1 heterocycles. The third kappa shape index (κ3) is 2.11. The topological polar surface area (TPSA) is 67.6 Å². The van der Waals surface area contributed by atoms with Gasteiger partial charge in [0.2, 0.25) is 0 Å². The van der Waals surface area contributed by atoms with Gasteiger partial charge in [0.15, 0.2) is 0 Å². The third-order valence-electron chi connectivity index (χ3n) is 4.07. The molecule has 4 nitrogen and oxygen atoms in total. The summed E-state index contributed by atoms with van der Waals surface area (Å²) in [6.45, 7) is 2.05. The SMILES string of the molecule is Cc1cc(C#N)cc2ncn([C@H]3CCC[C@@H](N)C3)c12. The molecule has 1 saturated carbocycles. The van der Waals surface area contributed by atoms with Crippen molar-refractivity contribution < 1.29 is 0 Å². The number of fused-ring (bicyclic) bond motifs is 1. The lowest BCUT2D eigenvalue weighted by Gasteiger charge is -2.28. The molecule has 2 aromatic rings. The Hall–Kier alpha value is -1.86. The van der Waals surface area contributed by atoms with Crippen molar-refractivity contribution in [3.63, 3.8) is 0 Å². The Labute approximate surface area is 112 Å². The van der Waals surface area contributed by atoms with E-state index in [-0.39, 0.29) is 0 Å². The van der Waals surface area contributed by atoms with E-state index in [0.717, 1.165) is 29.4 Å². The monoisotopic (exact) mass is 254 g/mol. The van der Waals surface area contributed by atoms with Gasteiger partial charge >= 0.3 is 0 Å². The largest absolute Gasteiger partial charge is 0.328 e. The maximum Gasteiger partial charge on any atom is 0.0992 e. The Morgan fingerprint density at radius 1 is 1.42 bits per heavy atom. The molecule has 2 atom stereocenters. The fourth-order valence-electron chi connectivity index (χ4n) is 3.17. The van der Waals surface area contributed by atoms with Crippen LogP contribution in [0.2, 0.25) is 0 Å². The summed E-state index contributed by atoms with van der Waals surface area (Å²) in [4.78, 5) is 4.46. The molecule has 4 heteroatoms. The molecule has 0 radical (unpaired) electrons. The quantitative estimate of drug-likeness (QED) is 0.850. The van der Waals surface area contributed by atoms with Gasteiger partial charge in [0.1, 0.15) is 0 Å². The summed E-state index contributed by atoms with van der Waals surface area (Å²) in [6.07, 6.45) is 6.40. The van der Waals surface area contributed by atoms with E-state index < -0.39 is 0 Å². The van der Waals surface area contributed by atoms with Crippen LogP contribution in [0.3, 0.4) is 0 Å². The second-order valence-corrected chi connectivity index (χ2v) is 5.51. The molecule has 98 valence electrons. The van der Waals surface area contributed by atoms with Crippen LogP contribution in [0.4, 0.5) is 0 Å². The number of benzene rings is 1. The first-order valence-corrected chi connectivity index (χ1v) is 6.82. The van der Waals surface area contributed by atoms with Crippen molar-refractivity contribution in [3.05, 3.63) is 29.6 Å². The number of hydrogen-bond acceptors (Lipinski definition) is 3. The summed E-state index contributed by atoms with van der Waals surface area (Å²) in [5.74, 6) is 0. The van der Waals surface area contributed by atoms with Crippen molar-refractivity contribution in [1.82, 2.24) is 9.55 Å². The lowest BCUT2D eigenvalue weighted by Crippen LogP contribution is -2.29. The molecule has 19 heavy (non-hydrogen) atoms. The van der Waals surface area contributed by atoms with Crippen molar-refractivity contribution in [1.29, 1.82) is 5.26 Å². The Morgan fingerprint density at radius 3 is 3.00 bits per heavy atom. The second kappa shape index (κ2) is 4.67. The highest BCUT2D eigenvalue weighted by Gasteiger charge is 2.22. The zero-order valence-corrected chi connectivity index (χ0v) is 11.1. The zero-order chi connectivity index (χ0) is 13.4. The fraction of sp³-hybridized carbons (Fsp3) is 0.467. The van der Waals surface area contributed by atoms with Gasteiger partial charge in [-0.25, -0.2) is 4.98 Å². The summed E-state index contributed by atoms with van der Waals surface area (Å²) in [5, 5.41) is 9.01. The van der Waals surface area contributed by atoms with Crippen LogP contribution in [-0.4, -0.2) is 15.6 Å². The zero-order valence-electron chi connectivity index (χ0n) is 11.1. The molecule has 1 fully saturated rings. The summed E-state index contributed by atoms with van der Waals surface area (Å²) in [7, 11) is 0. The van der Waals surface area contributed by atoms with E-state index in [2.05, 4.69) is 15.6 Å². The molecule has 3 rings (SSSR count). The van der Waals surface area contributed by atoms with Crippen LogP contribution in [-0.2, 0) is 0 Å². The van der Waals surface area contributed by atoms with E-state index in [9.17, 15) is 0 Å². The Morgan fingerprint density at radius 2 is 2.26 bits per heavy atom. The maximum atomic E-state index is 9.01. The van der Waals surface area contributed by atoms with E-state index in [1.165, 1.54) is 12.8 Å². The number of aryl methyl sites for hydroxylation is 1. The molecule has 0 saturated heterocycles. The van der Waals surface area contributed by atoms with Crippen molar-refractivity contribution in [2.75, 3.05) is 0 Å². The highest BCUT2D eigenvalue weighted by Crippen LogP contribution is 2.31. The van der Waals surface area contributed by atoms with Crippen molar-refractivity contribution in [2.24, 2.45) is 5.73 Å². The smallest absolute Gasteiger partial charge is 0.0992 e. The Bertz CT molecular complexity index is 650. The maximum absolute atomic E-state index is 9.01. The number of nitrogens with zero attached hydrogens (tertiary/aromatic N) is 3. The van der Waals surface area contributed by atoms with Gasteiger partial charge in [0.05, 0.1) is 29.0 Å². The average Bonchev–Trinajstić information content (AvgIpc) is 2.83. The van der Waals surface area contributed by atoms with Crippen LogP contribution in [0, 0.1) is 18.3 Å². The van der Waals surface area contributed by atoms with Gasteiger partial charge in [-0.15, -0.1) is 0 Å². The molecule has 0 aliphatic heterocycles. The summed E-state index contributed by atoms with van der Waals surface area (Å²) >= 11 is 0. The molecule has 0 spiro atoms. The van der Waals surface area contributed by atoms with E-state index in [1.54, 1.807) is 0 Å². The number of aromatic nitrogens is 2.